The van der Waals surface area contributed by atoms with E-state index in [1.54, 1.807) is 6.07 Å². The van der Waals surface area contributed by atoms with Crippen LogP contribution in [-0.2, 0) is 15.6 Å². The third kappa shape index (κ3) is 2.89. The summed E-state index contributed by atoms with van der Waals surface area (Å²) >= 11 is 0. The van der Waals surface area contributed by atoms with Gasteiger partial charge >= 0.3 is 0 Å². The van der Waals surface area contributed by atoms with Crippen molar-refractivity contribution in [3.63, 3.8) is 0 Å². The van der Waals surface area contributed by atoms with Gasteiger partial charge in [0, 0.05) is 23.9 Å². The molecule has 0 spiro atoms. The molecule has 0 unspecified atom stereocenters. The number of rotatable bonds is 4. The summed E-state index contributed by atoms with van der Waals surface area (Å²) in [7, 11) is -3.12. The standard InChI is InChI=1S/C9H14N4O2S/c1-16(14,15)5-9-11-7(6-2-3-6)4-8(12-9)13-10/h4,6H,2-3,5,10H2,1H3,(H,11,12,13). The molecule has 1 saturated carbocycles. The predicted molar refractivity (Wildman–Crippen MR) is 60.4 cm³/mol. The van der Waals surface area contributed by atoms with Gasteiger partial charge in [-0.15, -0.1) is 0 Å². The van der Waals surface area contributed by atoms with Crippen molar-refractivity contribution in [3.8, 4) is 0 Å². The number of nitrogens with two attached hydrogens (primary N) is 1. The Morgan fingerprint density at radius 2 is 2.19 bits per heavy atom. The van der Waals surface area contributed by atoms with Crippen molar-refractivity contribution in [2.75, 3.05) is 11.7 Å². The average Bonchev–Trinajstić information content (AvgIpc) is 2.97. The van der Waals surface area contributed by atoms with Crippen molar-refractivity contribution in [1.29, 1.82) is 0 Å². The second-order valence-corrected chi connectivity index (χ2v) is 6.22. The smallest absolute Gasteiger partial charge is 0.154 e. The molecule has 6 nitrogen and oxygen atoms in total. The number of nitrogens with zero attached hydrogens (tertiary/aromatic N) is 2. The minimum Gasteiger partial charge on any atom is -0.308 e. The fourth-order valence-corrected chi connectivity index (χ4v) is 2.08. The Morgan fingerprint density at radius 1 is 1.50 bits per heavy atom. The van der Waals surface area contributed by atoms with E-state index in [1.165, 1.54) is 0 Å². The van der Waals surface area contributed by atoms with Crippen LogP contribution in [0, 0.1) is 0 Å². The van der Waals surface area contributed by atoms with Gasteiger partial charge in [0.25, 0.3) is 0 Å². The van der Waals surface area contributed by atoms with Crippen LogP contribution in [0.4, 0.5) is 5.82 Å². The molecule has 1 aromatic heterocycles. The molecule has 0 bridgehead atoms. The molecule has 0 saturated heterocycles. The van der Waals surface area contributed by atoms with Gasteiger partial charge in [0.05, 0.1) is 0 Å². The number of hydrazine groups is 1. The number of nitrogens with one attached hydrogen (secondary N) is 1. The van der Waals surface area contributed by atoms with E-state index in [4.69, 9.17) is 5.84 Å². The molecule has 0 aromatic carbocycles. The number of aromatic nitrogens is 2. The maximum Gasteiger partial charge on any atom is 0.154 e. The van der Waals surface area contributed by atoms with E-state index in [0.29, 0.717) is 17.6 Å². The molecule has 88 valence electrons. The fraction of sp³-hybridized carbons (Fsp3) is 0.556. The zero-order chi connectivity index (χ0) is 11.8. The van der Waals surface area contributed by atoms with Crippen molar-refractivity contribution in [3.05, 3.63) is 17.6 Å². The molecule has 0 radical (unpaired) electrons. The van der Waals surface area contributed by atoms with Crippen LogP contribution in [0.15, 0.2) is 6.07 Å². The molecule has 2 rings (SSSR count). The number of anilines is 1. The van der Waals surface area contributed by atoms with Crippen LogP contribution < -0.4 is 11.3 Å². The topological polar surface area (TPSA) is 98.0 Å². The Hall–Kier alpha value is -1.21. The second-order valence-electron chi connectivity index (χ2n) is 4.08. The Bertz CT molecular complexity index is 496. The Kier molecular flexibility index (Phi) is 2.81. The van der Waals surface area contributed by atoms with Crippen LogP contribution >= 0.6 is 0 Å². The number of hydrogen-bond donors (Lipinski definition) is 2. The highest BCUT2D eigenvalue weighted by atomic mass is 32.2. The maximum atomic E-state index is 11.2. The zero-order valence-electron chi connectivity index (χ0n) is 8.97. The predicted octanol–water partition coefficient (Wildman–Crippen LogP) is 0.184. The molecule has 1 aliphatic carbocycles. The molecule has 0 aliphatic heterocycles. The number of hydrogen-bond acceptors (Lipinski definition) is 6. The molecule has 1 aliphatic rings. The van der Waals surface area contributed by atoms with Crippen molar-refractivity contribution in [2.24, 2.45) is 5.84 Å². The maximum absolute atomic E-state index is 11.2. The molecule has 16 heavy (non-hydrogen) atoms. The highest BCUT2D eigenvalue weighted by Gasteiger charge is 2.26. The van der Waals surface area contributed by atoms with Gasteiger partial charge in [-0.1, -0.05) is 0 Å². The van der Waals surface area contributed by atoms with Gasteiger partial charge in [0.15, 0.2) is 9.84 Å². The second kappa shape index (κ2) is 3.99. The molecule has 1 heterocycles. The van der Waals surface area contributed by atoms with Gasteiger partial charge < -0.3 is 5.43 Å². The molecule has 1 fully saturated rings. The lowest BCUT2D eigenvalue weighted by Gasteiger charge is -2.06. The number of nitrogen functional groups attached to an aromatic ring is 1. The minimum atomic E-state index is -3.12. The lowest BCUT2D eigenvalue weighted by molar-refractivity contribution is 0.599. The van der Waals surface area contributed by atoms with E-state index in [0.717, 1.165) is 24.8 Å². The molecule has 7 heteroatoms. The normalized spacial score (nSPS) is 16.1. The largest absolute Gasteiger partial charge is 0.308 e. The molecular formula is C9H14N4O2S. The SMILES string of the molecule is CS(=O)(=O)Cc1nc(NN)cc(C2CC2)n1. The summed E-state index contributed by atoms with van der Waals surface area (Å²) in [5, 5.41) is 0. The lowest BCUT2D eigenvalue weighted by Crippen LogP contribution is -2.13. The lowest BCUT2D eigenvalue weighted by atomic mass is 10.3. The van der Waals surface area contributed by atoms with E-state index >= 15 is 0 Å². The molecule has 0 amide bonds. The van der Waals surface area contributed by atoms with Crippen LogP contribution in [0.2, 0.25) is 0 Å². The van der Waals surface area contributed by atoms with Crippen LogP contribution in [-0.4, -0.2) is 24.6 Å². The van der Waals surface area contributed by atoms with Gasteiger partial charge in [-0.2, -0.15) is 0 Å². The molecular weight excluding hydrogens is 228 g/mol. The summed E-state index contributed by atoms with van der Waals surface area (Å²) in [6, 6.07) is 1.77. The van der Waals surface area contributed by atoms with Gasteiger partial charge in [-0.05, 0) is 12.8 Å². The summed E-state index contributed by atoms with van der Waals surface area (Å²) in [6.07, 6.45) is 3.36. The minimum absolute atomic E-state index is 0.151. The first kappa shape index (κ1) is 11.3. The molecule has 0 atom stereocenters. The average molecular weight is 242 g/mol. The van der Waals surface area contributed by atoms with Crippen molar-refractivity contribution in [1.82, 2.24) is 9.97 Å². The van der Waals surface area contributed by atoms with Crippen LogP contribution in [0.3, 0.4) is 0 Å². The quantitative estimate of drug-likeness (QED) is 0.577. The summed E-state index contributed by atoms with van der Waals surface area (Å²) in [6.45, 7) is 0. The highest BCUT2D eigenvalue weighted by molar-refractivity contribution is 7.89. The van der Waals surface area contributed by atoms with Crippen LogP contribution in [0.1, 0.15) is 30.3 Å². The summed E-state index contributed by atoms with van der Waals surface area (Å²) in [5.41, 5.74) is 3.31. The fourth-order valence-electron chi connectivity index (χ4n) is 1.48. The summed E-state index contributed by atoms with van der Waals surface area (Å²) < 4.78 is 22.3. The monoisotopic (exact) mass is 242 g/mol. The first-order valence-corrected chi connectivity index (χ1v) is 7.06. The molecule has 3 N–H and O–H groups in total. The first-order chi connectivity index (χ1) is 7.48. The van der Waals surface area contributed by atoms with Gasteiger partial charge in [0.1, 0.15) is 17.4 Å². The highest BCUT2D eigenvalue weighted by Crippen LogP contribution is 2.39. The van der Waals surface area contributed by atoms with E-state index < -0.39 is 9.84 Å². The third-order valence-electron chi connectivity index (χ3n) is 2.33. The third-order valence-corrected chi connectivity index (χ3v) is 3.11. The molecule has 1 aromatic rings. The van der Waals surface area contributed by atoms with E-state index in [9.17, 15) is 8.42 Å². The van der Waals surface area contributed by atoms with Gasteiger partial charge in [-0.25, -0.2) is 24.2 Å². The Labute approximate surface area is 94.2 Å². The van der Waals surface area contributed by atoms with Crippen LogP contribution in [0.25, 0.3) is 0 Å². The summed E-state index contributed by atoms with van der Waals surface area (Å²) in [4.78, 5) is 8.26. The van der Waals surface area contributed by atoms with Crippen molar-refractivity contribution in [2.45, 2.75) is 24.5 Å². The van der Waals surface area contributed by atoms with E-state index in [-0.39, 0.29) is 5.75 Å². The Balaban J connectivity index is 2.33. The Morgan fingerprint density at radius 3 is 2.69 bits per heavy atom. The van der Waals surface area contributed by atoms with Gasteiger partial charge in [-0.3, -0.25) is 0 Å². The van der Waals surface area contributed by atoms with Crippen LogP contribution in [0.5, 0.6) is 0 Å². The zero-order valence-corrected chi connectivity index (χ0v) is 9.79. The van der Waals surface area contributed by atoms with E-state index in [2.05, 4.69) is 15.4 Å². The van der Waals surface area contributed by atoms with Crippen molar-refractivity contribution < 1.29 is 8.42 Å². The summed E-state index contributed by atoms with van der Waals surface area (Å²) in [5.74, 6) is 6.34. The van der Waals surface area contributed by atoms with E-state index in [1.807, 2.05) is 0 Å². The number of sulfone groups is 1. The first-order valence-electron chi connectivity index (χ1n) is 5.00. The van der Waals surface area contributed by atoms with Crippen molar-refractivity contribution >= 4 is 15.7 Å². The van der Waals surface area contributed by atoms with Gasteiger partial charge in [0.2, 0.25) is 0 Å².